The van der Waals surface area contributed by atoms with Gasteiger partial charge in [0.25, 0.3) is 10.0 Å². The van der Waals surface area contributed by atoms with E-state index in [0.29, 0.717) is 25.3 Å². The highest BCUT2D eigenvalue weighted by atomic mass is 32.2. The first kappa shape index (κ1) is 15.7. The first-order valence-electron chi connectivity index (χ1n) is 6.63. The van der Waals surface area contributed by atoms with Crippen LogP contribution in [0, 0.1) is 0 Å². The molecule has 2 aromatic rings. The van der Waals surface area contributed by atoms with Crippen LogP contribution < -0.4 is 5.32 Å². The summed E-state index contributed by atoms with van der Waals surface area (Å²) in [6.45, 7) is 0.842. The highest BCUT2D eigenvalue weighted by Crippen LogP contribution is 2.18. The van der Waals surface area contributed by atoms with E-state index in [1.807, 2.05) is 18.2 Å². The van der Waals surface area contributed by atoms with Crippen LogP contribution in [0.3, 0.4) is 0 Å². The van der Waals surface area contributed by atoms with Crippen molar-refractivity contribution in [3.05, 3.63) is 48.0 Å². The molecule has 0 aromatic carbocycles. The van der Waals surface area contributed by atoms with Gasteiger partial charge in [-0.05, 0) is 31.3 Å². The maximum Gasteiger partial charge on any atom is 0.276 e. The zero-order valence-electron chi connectivity index (χ0n) is 12.1. The molecular weight excluding hydrogens is 290 g/mol. The van der Waals surface area contributed by atoms with Crippen molar-refractivity contribution < 1.29 is 12.8 Å². The van der Waals surface area contributed by atoms with Crippen LogP contribution in [0.25, 0.3) is 0 Å². The van der Waals surface area contributed by atoms with Gasteiger partial charge in [-0.15, -0.1) is 0 Å². The quantitative estimate of drug-likeness (QED) is 0.833. The number of nitrogens with one attached hydrogen (secondary N) is 1. The summed E-state index contributed by atoms with van der Waals surface area (Å²) < 4.78 is 31.4. The lowest BCUT2D eigenvalue weighted by Crippen LogP contribution is -2.28. The molecule has 0 unspecified atom stereocenters. The Labute approximate surface area is 124 Å². The van der Waals surface area contributed by atoms with E-state index >= 15 is 0 Å². The van der Waals surface area contributed by atoms with Gasteiger partial charge in [0.1, 0.15) is 5.76 Å². The standard InChI is InChI=1S/C14H19N3O3S/c1-15-11-13-6-7-14(20-13)21(18,19)17(2)10-8-12-5-3-4-9-16-12/h3-7,9,15H,8,10-11H2,1-2H3. The number of pyridine rings is 1. The fraction of sp³-hybridized carbons (Fsp3) is 0.357. The van der Waals surface area contributed by atoms with Gasteiger partial charge >= 0.3 is 0 Å². The summed E-state index contributed by atoms with van der Waals surface area (Å²) in [6, 6.07) is 8.73. The molecule has 0 radical (unpaired) electrons. The molecule has 0 fully saturated rings. The van der Waals surface area contributed by atoms with Crippen molar-refractivity contribution in [1.29, 1.82) is 0 Å². The summed E-state index contributed by atoms with van der Waals surface area (Å²) in [5.41, 5.74) is 0.856. The summed E-state index contributed by atoms with van der Waals surface area (Å²) in [5.74, 6) is 0.592. The molecular formula is C14H19N3O3S. The second-order valence-corrected chi connectivity index (χ2v) is 6.62. The molecule has 0 bridgehead atoms. The van der Waals surface area contributed by atoms with E-state index in [9.17, 15) is 8.42 Å². The third kappa shape index (κ3) is 3.90. The van der Waals surface area contributed by atoms with E-state index in [0.717, 1.165) is 5.69 Å². The third-order valence-corrected chi connectivity index (χ3v) is 4.79. The van der Waals surface area contributed by atoms with Crippen molar-refractivity contribution in [3.8, 4) is 0 Å². The van der Waals surface area contributed by atoms with Crippen LogP contribution in [-0.2, 0) is 23.0 Å². The predicted molar refractivity (Wildman–Crippen MR) is 79.2 cm³/mol. The van der Waals surface area contributed by atoms with Crippen molar-refractivity contribution in [1.82, 2.24) is 14.6 Å². The number of hydrogen-bond donors (Lipinski definition) is 1. The molecule has 114 valence electrons. The molecule has 21 heavy (non-hydrogen) atoms. The van der Waals surface area contributed by atoms with E-state index in [1.165, 1.54) is 10.4 Å². The van der Waals surface area contributed by atoms with E-state index in [-0.39, 0.29) is 5.09 Å². The molecule has 2 rings (SSSR count). The number of likely N-dealkylation sites (N-methyl/N-ethyl adjacent to an activating group) is 1. The van der Waals surface area contributed by atoms with Crippen molar-refractivity contribution in [2.75, 3.05) is 20.6 Å². The van der Waals surface area contributed by atoms with Crippen molar-refractivity contribution in [3.63, 3.8) is 0 Å². The normalized spacial score (nSPS) is 12.0. The Balaban J connectivity index is 2.04. The molecule has 0 aliphatic carbocycles. The van der Waals surface area contributed by atoms with Crippen LogP contribution in [0.15, 0.2) is 46.0 Å². The Hall–Kier alpha value is -1.70. The molecule has 0 aliphatic heterocycles. The van der Waals surface area contributed by atoms with Gasteiger partial charge in [0.15, 0.2) is 0 Å². The lowest BCUT2D eigenvalue weighted by molar-refractivity contribution is 0.384. The number of furan rings is 1. The minimum absolute atomic E-state index is 0.0312. The van der Waals surface area contributed by atoms with Crippen LogP contribution in [0.1, 0.15) is 11.5 Å². The minimum atomic E-state index is -3.60. The van der Waals surface area contributed by atoms with Gasteiger partial charge in [0.05, 0.1) is 6.54 Å². The first-order valence-corrected chi connectivity index (χ1v) is 8.07. The fourth-order valence-corrected chi connectivity index (χ4v) is 2.95. The Kier molecular flexibility index (Phi) is 5.11. The number of hydrogen-bond acceptors (Lipinski definition) is 5. The number of sulfonamides is 1. The Morgan fingerprint density at radius 1 is 1.29 bits per heavy atom. The Bertz CT molecular complexity index is 668. The van der Waals surface area contributed by atoms with Gasteiger partial charge in [0, 0.05) is 31.9 Å². The van der Waals surface area contributed by atoms with Crippen molar-refractivity contribution >= 4 is 10.0 Å². The second-order valence-electron chi connectivity index (χ2n) is 4.65. The number of rotatable bonds is 7. The maximum atomic E-state index is 12.4. The van der Waals surface area contributed by atoms with E-state index < -0.39 is 10.0 Å². The number of aromatic nitrogens is 1. The summed E-state index contributed by atoms with van der Waals surface area (Å²) in [7, 11) is -0.282. The van der Waals surface area contributed by atoms with Gasteiger partial charge in [-0.2, -0.15) is 4.31 Å². The van der Waals surface area contributed by atoms with Crippen LogP contribution in [0.5, 0.6) is 0 Å². The molecule has 0 atom stereocenters. The molecule has 2 heterocycles. The zero-order chi connectivity index (χ0) is 15.3. The smallest absolute Gasteiger partial charge is 0.276 e. The summed E-state index contributed by atoms with van der Waals surface area (Å²) in [4.78, 5) is 4.18. The van der Waals surface area contributed by atoms with Crippen LogP contribution in [0.2, 0.25) is 0 Å². The largest absolute Gasteiger partial charge is 0.447 e. The third-order valence-electron chi connectivity index (χ3n) is 3.06. The van der Waals surface area contributed by atoms with Crippen molar-refractivity contribution in [2.24, 2.45) is 0 Å². The van der Waals surface area contributed by atoms with Gasteiger partial charge in [0.2, 0.25) is 5.09 Å². The molecule has 0 aliphatic rings. The molecule has 7 heteroatoms. The van der Waals surface area contributed by atoms with Gasteiger partial charge < -0.3 is 9.73 Å². The summed E-state index contributed by atoms with van der Waals surface area (Å²) in [6.07, 6.45) is 2.25. The Morgan fingerprint density at radius 2 is 2.10 bits per heavy atom. The minimum Gasteiger partial charge on any atom is -0.447 e. The van der Waals surface area contributed by atoms with E-state index in [2.05, 4.69) is 10.3 Å². The topological polar surface area (TPSA) is 75.4 Å². The maximum absolute atomic E-state index is 12.4. The number of nitrogens with zero attached hydrogens (tertiary/aromatic N) is 2. The SMILES string of the molecule is CNCc1ccc(S(=O)(=O)N(C)CCc2ccccn2)o1. The van der Waals surface area contributed by atoms with Crippen LogP contribution >= 0.6 is 0 Å². The molecule has 1 N–H and O–H groups in total. The lowest BCUT2D eigenvalue weighted by atomic mass is 10.3. The average molecular weight is 309 g/mol. The molecule has 0 saturated carbocycles. The van der Waals surface area contributed by atoms with Gasteiger partial charge in [-0.1, -0.05) is 6.07 Å². The summed E-state index contributed by atoms with van der Waals surface area (Å²) in [5, 5.41) is 2.88. The first-order chi connectivity index (χ1) is 10.0. The summed E-state index contributed by atoms with van der Waals surface area (Å²) >= 11 is 0. The lowest BCUT2D eigenvalue weighted by Gasteiger charge is -2.15. The fourth-order valence-electron chi connectivity index (χ4n) is 1.86. The highest BCUT2D eigenvalue weighted by molar-refractivity contribution is 7.89. The second kappa shape index (κ2) is 6.84. The molecule has 0 spiro atoms. The average Bonchev–Trinajstić information content (AvgIpc) is 2.95. The van der Waals surface area contributed by atoms with Crippen molar-refractivity contribution in [2.45, 2.75) is 18.1 Å². The molecule has 2 aromatic heterocycles. The van der Waals surface area contributed by atoms with Crippen LogP contribution in [-0.4, -0.2) is 38.3 Å². The Morgan fingerprint density at radius 3 is 2.76 bits per heavy atom. The van der Waals surface area contributed by atoms with E-state index in [1.54, 1.807) is 26.4 Å². The highest BCUT2D eigenvalue weighted by Gasteiger charge is 2.24. The van der Waals surface area contributed by atoms with E-state index in [4.69, 9.17) is 4.42 Å². The molecule has 6 nitrogen and oxygen atoms in total. The molecule has 0 amide bonds. The predicted octanol–water partition coefficient (Wildman–Crippen LogP) is 1.26. The monoisotopic (exact) mass is 309 g/mol. The van der Waals surface area contributed by atoms with Gasteiger partial charge in [-0.3, -0.25) is 4.98 Å². The van der Waals surface area contributed by atoms with Gasteiger partial charge in [-0.25, -0.2) is 8.42 Å². The molecule has 0 saturated heterocycles. The zero-order valence-corrected chi connectivity index (χ0v) is 12.9. The van der Waals surface area contributed by atoms with Crippen LogP contribution in [0.4, 0.5) is 0 Å².